The van der Waals surface area contributed by atoms with Gasteiger partial charge in [-0.2, -0.15) is 24.9 Å². The first kappa shape index (κ1) is 17.6. The monoisotopic (exact) mass is 322 g/mol. The molecule has 0 aliphatic carbocycles. The number of thioether (sulfide) groups is 1. The third-order valence-corrected chi connectivity index (χ3v) is 3.40. The number of nitrogens with one attached hydrogen (secondary N) is 2. The highest BCUT2D eigenvalue weighted by Crippen LogP contribution is 2.34. The molecule has 0 fully saturated rings. The molecule has 3 N–H and O–H groups in total. The van der Waals surface area contributed by atoms with Crippen molar-refractivity contribution < 1.29 is 23.1 Å². The van der Waals surface area contributed by atoms with E-state index in [2.05, 4.69) is 10.6 Å². The summed E-state index contributed by atoms with van der Waals surface area (Å²) >= 11 is 1.47. The van der Waals surface area contributed by atoms with Crippen LogP contribution in [0.5, 0.6) is 0 Å². The van der Waals surface area contributed by atoms with Crippen LogP contribution < -0.4 is 10.6 Å². The van der Waals surface area contributed by atoms with Crippen LogP contribution >= 0.6 is 11.8 Å². The number of halogens is 3. The number of hydrogen-bond acceptors (Lipinski definition) is 3. The average Bonchev–Trinajstić information content (AvgIpc) is 2.38. The largest absolute Gasteiger partial charge is 0.418 e. The molecule has 0 heterocycles. The number of carbonyl (C=O) groups is 1. The predicted molar refractivity (Wildman–Crippen MR) is 77.5 cm³/mol. The zero-order valence-corrected chi connectivity index (χ0v) is 12.2. The first-order chi connectivity index (χ1) is 9.88. The van der Waals surface area contributed by atoms with Crippen molar-refractivity contribution in [1.82, 2.24) is 5.32 Å². The molecule has 1 atom stereocenters. The lowest BCUT2D eigenvalue weighted by atomic mass is 10.1. The molecule has 1 aromatic carbocycles. The van der Waals surface area contributed by atoms with Crippen LogP contribution in [0, 0.1) is 0 Å². The Labute approximate surface area is 125 Å². The van der Waals surface area contributed by atoms with Crippen molar-refractivity contribution in [3.63, 3.8) is 0 Å². The van der Waals surface area contributed by atoms with Gasteiger partial charge >= 0.3 is 12.2 Å². The van der Waals surface area contributed by atoms with Crippen molar-refractivity contribution in [1.29, 1.82) is 0 Å². The van der Waals surface area contributed by atoms with E-state index in [1.165, 1.54) is 30.0 Å². The maximum atomic E-state index is 12.8. The normalized spacial score (nSPS) is 12.8. The molecule has 118 valence electrons. The van der Waals surface area contributed by atoms with Gasteiger partial charge in [-0.05, 0) is 24.8 Å². The highest BCUT2D eigenvalue weighted by Gasteiger charge is 2.33. The molecule has 8 heteroatoms. The maximum absolute atomic E-state index is 12.8. The fourth-order valence-corrected chi connectivity index (χ4v) is 2.39. The van der Waals surface area contributed by atoms with Gasteiger partial charge in [0.1, 0.15) is 0 Å². The fourth-order valence-electron chi connectivity index (χ4n) is 1.74. The Bertz CT molecular complexity index is 463. The van der Waals surface area contributed by atoms with Gasteiger partial charge in [-0.1, -0.05) is 12.1 Å². The second-order valence-electron chi connectivity index (χ2n) is 4.31. The van der Waals surface area contributed by atoms with Crippen LogP contribution in [0.2, 0.25) is 0 Å². The summed E-state index contributed by atoms with van der Waals surface area (Å²) in [6.45, 7) is -0.107. The third-order valence-electron chi connectivity index (χ3n) is 2.66. The lowest BCUT2D eigenvalue weighted by Crippen LogP contribution is -2.40. The van der Waals surface area contributed by atoms with Crippen LogP contribution in [0.15, 0.2) is 24.3 Å². The topological polar surface area (TPSA) is 61.4 Å². The minimum absolute atomic E-state index is 0.107. The highest BCUT2D eigenvalue weighted by atomic mass is 32.2. The van der Waals surface area contributed by atoms with E-state index >= 15 is 0 Å². The molecule has 1 rings (SSSR count). The molecule has 0 aliphatic heterocycles. The Morgan fingerprint density at radius 2 is 2.05 bits per heavy atom. The van der Waals surface area contributed by atoms with Gasteiger partial charge in [0.15, 0.2) is 0 Å². The van der Waals surface area contributed by atoms with Crippen LogP contribution in [0.25, 0.3) is 0 Å². The first-order valence-corrected chi connectivity index (χ1v) is 7.61. The molecule has 0 unspecified atom stereocenters. The molecule has 0 spiro atoms. The van der Waals surface area contributed by atoms with Crippen molar-refractivity contribution in [3.05, 3.63) is 29.8 Å². The zero-order valence-electron chi connectivity index (χ0n) is 11.4. The lowest BCUT2D eigenvalue weighted by Gasteiger charge is -2.18. The second-order valence-corrected chi connectivity index (χ2v) is 5.22. The number of anilines is 1. The SMILES string of the molecule is CSC[C@@H](CCO)NC(=O)Nc1ccccc1C(F)(F)F. The number of carbonyl (C=O) groups excluding carboxylic acids is 1. The fraction of sp³-hybridized carbons (Fsp3) is 0.462. The summed E-state index contributed by atoms with van der Waals surface area (Å²) in [6.07, 6.45) is -2.36. The van der Waals surface area contributed by atoms with Crippen LogP contribution in [0.1, 0.15) is 12.0 Å². The first-order valence-electron chi connectivity index (χ1n) is 6.22. The number of aliphatic hydroxyl groups is 1. The predicted octanol–water partition coefficient (Wildman–Crippen LogP) is 2.94. The molecule has 2 amide bonds. The van der Waals surface area contributed by atoms with Crippen molar-refractivity contribution in [3.8, 4) is 0 Å². The van der Waals surface area contributed by atoms with Gasteiger partial charge < -0.3 is 15.7 Å². The summed E-state index contributed by atoms with van der Waals surface area (Å²) in [6, 6.07) is 3.75. The standard InChI is InChI=1S/C13H17F3N2O2S/c1-21-8-9(6-7-19)17-12(20)18-11-5-3-2-4-10(11)13(14,15)16/h2-5,9,19H,6-8H2,1H3,(H2,17,18,20)/t9-/m1/s1. The van der Waals surface area contributed by atoms with Crippen molar-refractivity contribution in [2.45, 2.75) is 18.6 Å². The van der Waals surface area contributed by atoms with E-state index in [9.17, 15) is 18.0 Å². The van der Waals surface area contributed by atoms with E-state index < -0.39 is 17.8 Å². The summed E-state index contributed by atoms with van der Waals surface area (Å²) in [5.74, 6) is 0.564. The van der Waals surface area contributed by atoms with Gasteiger partial charge in [-0.3, -0.25) is 0 Å². The van der Waals surface area contributed by atoms with Crippen molar-refractivity contribution in [2.24, 2.45) is 0 Å². The Hall–Kier alpha value is -1.41. The van der Waals surface area contributed by atoms with Crippen LogP contribution in [0.3, 0.4) is 0 Å². The van der Waals surface area contributed by atoms with Gasteiger partial charge in [0.2, 0.25) is 0 Å². The molecule has 0 aromatic heterocycles. The van der Waals surface area contributed by atoms with Gasteiger partial charge in [0.25, 0.3) is 0 Å². The summed E-state index contributed by atoms with van der Waals surface area (Å²) in [5, 5.41) is 13.6. The van der Waals surface area contributed by atoms with Crippen LogP contribution in [-0.4, -0.2) is 35.8 Å². The summed E-state index contributed by atoms with van der Waals surface area (Å²) in [4.78, 5) is 11.8. The van der Waals surface area contributed by atoms with Crippen molar-refractivity contribution in [2.75, 3.05) is 23.9 Å². The Balaban J connectivity index is 2.75. The minimum atomic E-state index is -4.53. The molecule has 0 saturated heterocycles. The third kappa shape index (κ3) is 5.84. The van der Waals surface area contributed by atoms with E-state index in [0.29, 0.717) is 12.2 Å². The molecule has 0 saturated carbocycles. The molecule has 0 bridgehead atoms. The number of amides is 2. The maximum Gasteiger partial charge on any atom is 0.418 e. The zero-order chi connectivity index (χ0) is 15.9. The molecule has 21 heavy (non-hydrogen) atoms. The van der Waals surface area contributed by atoms with Gasteiger partial charge in [0, 0.05) is 18.4 Å². The van der Waals surface area contributed by atoms with Crippen LogP contribution in [-0.2, 0) is 6.18 Å². The van der Waals surface area contributed by atoms with Crippen molar-refractivity contribution >= 4 is 23.5 Å². The summed E-state index contributed by atoms with van der Waals surface area (Å²) < 4.78 is 38.4. The Morgan fingerprint density at radius 3 is 2.62 bits per heavy atom. The number of urea groups is 1. The van der Waals surface area contributed by atoms with E-state index in [1.54, 1.807) is 0 Å². The number of rotatable bonds is 6. The summed E-state index contributed by atoms with van der Waals surface area (Å²) in [7, 11) is 0. The van der Waals surface area contributed by atoms with E-state index in [1.807, 2.05) is 6.26 Å². The average molecular weight is 322 g/mol. The van der Waals surface area contributed by atoms with Gasteiger partial charge in [0.05, 0.1) is 11.3 Å². The smallest absolute Gasteiger partial charge is 0.396 e. The number of alkyl halides is 3. The Morgan fingerprint density at radius 1 is 1.38 bits per heavy atom. The van der Waals surface area contributed by atoms with E-state index in [4.69, 9.17) is 5.11 Å². The molecule has 1 aromatic rings. The molecule has 4 nitrogen and oxygen atoms in total. The highest BCUT2D eigenvalue weighted by molar-refractivity contribution is 7.98. The number of para-hydroxylation sites is 1. The number of benzene rings is 1. The molecule has 0 radical (unpaired) electrons. The molecular formula is C13H17F3N2O2S. The molecular weight excluding hydrogens is 305 g/mol. The number of aliphatic hydroxyl groups excluding tert-OH is 1. The second kappa shape index (κ2) is 8.14. The Kier molecular flexibility index (Phi) is 6.83. The van der Waals surface area contributed by atoms with E-state index in [-0.39, 0.29) is 18.3 Å². The lowest BCUT2D eigenvalue weighted by molar-refractivity contribution is -0.136. The minimum Gasteiger partial charge on any atom is -0.396 e. The quantitative estimate of drug-likeness (QED) is 0.754. The number of hydrogen-bond donors (Lipinski definition) is 3. The van der Waals surface area contributed by atoms with Gasteiger partial charge in [-0.25, -0.2) is 4.79 Å². The molecule has 0 aliphatic rings. The summed E-state index contributed by atoms with van der Waals surface area (Å²) in [5.41, 5.74) is -1.20. The van der Waals surface area contributed by atoms with E-state index in [0.717, 1.165) is 6.07 Å². The van der Waals surface area contributed by atoms with Gasteiger partial charge in [-0.15, -0.1) is 0 Å². The van der Waals surface area contributed by atoms with Crippen LogP contribution in [0.4, 0.5) is 23.7 Å².